The Balaban J connectivity index is 1.64. The number of rotatable bonds is 4. The van der Waals surface area contributed by atoms with Gasteiger partial charge in [0.15, 0.2) is 0 Å². The maximum absolute atomic E-state index is 13.4. The number of carbonyl (C=O) groups is 1. The van der Waals surface area contributed by atoms with Gasteiger partial charge in [-0.05, 0) is 30.2 Å². The number of hydrogen-bond acceptors (Lipinski definition) is 2. The molecule has 0 spiro atoms. The summed E-state index contributed by atoms with van der Waals surface area (Å²) in [5, 5.41) is 8.20. The van der Waals surface area contributed by atoms with Crippen LogP contribution in [-0.4, -0.2) is 21.0 Å². The van der Waals surface area contributed by atoms with Crippen LogP contribution in [0.15, 0.2) is 78.9 Å². The van der Waals surface area contributed by atoms with Crippen molar-refractivity contribution in [3.8, 4) is 11.3 Å². The van der Waals surface area contributed by atoms with Crippen LogP contribution in [-0.2, 0) is 6.54 Å². The number of halogens is 1. The highest BCUT2D eigenvalue weighted by molar-refractivity contribution is 6.30. The molecule has 0 saturated heterocycles. The number of nitrogens with zero attached hydrogens (tertiary/aromatic N) is 2. The molecule has 4 nitrogen and oxygen atoms in total. The van der Waals surface area contributed by atoms with Gasteiger partial charge in [0.2, 0.25) is 0 Å². The lowest BCUT2D eigenvalue weighted by Gasteiger charge is -2.26. The van der Waals surface area contributed by atoms with E-state index < -0.39 is 0 Å². The van der Waals surface area contributed by atoms with Gasteiger partial charge in [-0.1, -0.05) is 83.9 Å². The van der Waals surface area contributed by atoms with E-state index in [-0.39, 0.29) is 11.9 Å². The van der Waals surface area contributed by atoms with Crippen molar-refractivity contribution in [3.05, 3.63) is 112 Å². The van der Waals surface area contributed by atoms with E-state index in [4.69, 9.17) is 11.6 Å². The third-order valence-electron chi connectivity index (χ3n) is 5.57. The molecular weight excluding hydrogens is 394 g/mol. The molecule has 148 valence electrons. The minimum absolute atomic E-state index is 0.0420. The van der Waals surface area contributed by atoms with Crippen LogP contribution in [0.4, 0.5) is 0 Å². The summed E-state index contributed by atoms with van der Waals surface area (Å²) >= 11 is 6.14. The molecule has 3 aromatic carbocycles. The first-order valence-corrected chi connectivity index (χ1v) is 10.3. The fraction of sp³-hybridized carbons (Fsp3) is 0.120. The highest BCUT2D eigenvalue weighted by atomic mass is 35.5. The average Bonchev–Trinajstić information content (AvgIpc) is 3.30. The van der Waals surface area contributed by atoms with Crippen LogP contribution in [0.25, 0.3) is 11.3 Å². The van der Waals surface area contributed by atoms with Crippen molar-refractivity contribution in [3.63, 3.8) is 0 Å². The first-order valence-electron chi connectivity index (χ1n) is 9.87. The number of hydrogen-bond donors (Lipinski definition) is 1. The fourth-order valence-electron chi connectivity index (χ4n) is 4.06. The fourth-order valence-corrected chi connectivity index (χ4v) is 4.19. The summed E-state index contributed by atoms with van der Waals surface area (Å²) < 4.78 is 0. The number of carbonyl (C=O) groups excluding carboxylic acids is 1. The van der Waals surface area contributed by atoms with E-state index in [0.29, 0.717) is 17.3 Å². The molecule has 5 rings (SSSR count). The van der Waals surface area contributed by atoms with E-state index in [1.807, 2.05) is 59.5 Å². The molecule has 1 aliphatic rings. The summed E-state index contributed by atoms with van der Waals surface area (Å²) in [5.41, 5.74) is 6.56. The molecule has 1 aliphatic heterocycles. The van der Waals surface area contributed by atoms with Gasteiger partial charge in [0.25, 0.3) is 5.91 Å². The van der Waals surface area contributed by atoms with E-state index in [1.54, 1.807) is 0 Å². The first kappa shape index (κ1) is 18.6. The second kappa shape index (κ2) is 7.47. The second-order valence-corrected chi connectivity index (χ2v) is 8.04. The lowest BCUT2D eigenvalue weighted by molar-refractivity contribution is 0.0730. The van der Waals surface area contributed by atoms with Crippen molar-refractivity contribution in [1.82, 2.24) is 15.1 Å². The molecule has 0 saturated carbocycles. The van der Waals surface area contributed by atoms with Gasteiger partial charge in [0.1, 0.15) is 5.69 Å². The largest absolute Gasteiger partial charge is 0.322 e. The number of benzene rings is 3. The number of aryl methyl sites for hydroxylation is 1. The molecule has 2 heterocycles. The van der Waals surface area contributed by atoms with Crippen molar-refractivity contribution in [2.24, 2.45) is 0 Å². The zero-order valence-electron chi connectivity index (χ0n) is 16.5. The molecule has 0 radical (unpaired) electrons. The van der Waals surface area contributed by atoms with Gasteiger partial charge in [-0.2, -0.15) is 5.10 Å². The van der Waals surface area contributed by atoms with Crippen LogP contribution in [0, 0.1) is 6.92 Å². The number of nitrogens with one attached hydrogen (secondary N) is 1. The number of aromatic nitrogens is 2. The quantitative estimate of drug-likeness (QED) is 0.460. The van der Waals surface area contributed by atoms with Crippen LogP contribution in [0.1, 0.15) is 38.8 Å². The second-order valence-electron chi connectivity index (χ2n) is 7.60. The summed E-state index contributed by atoms with van der Waals surface area (Å²) in [5.74, 6) is -0.0420. The van der Waals surface area contributed by atoms with Crippen LogP contribution in [0.3, 0.4) is 0 Å². The first-order chi connectivity index (χ1) is 14.6. The molecule has 4 aromatic rings. The van der Waals surface area contributed by atoms with Gasteiger partial charge in [-0.15, -0.1) is 0 Å². The summed E-state index contributed by atoms with van der Waals surface area (Å²) in [6.07, 6.45) is 0. The van der Waals surface area contributed by atoms with Crippen LogP contribution >= 0.6 is 11.6 Å². The van der Waals surface area contributed by atoms with Gasteiger partial charge in [-0.3, -0.25) is 9.89 Å². The third-order valence-corrected chi connectivity index (χ3v) is 5.82. The van der Waals surface area contributed by atoms with Gasteiger partial charge in [0, 0.05) is 22.7 Å². The molecule has 1 aromatic heterocycles. The zero-order chi connectivity index (χ0) is 20.7. The highest BCUT2D eigenvalue weighted by Gasteiger charge is 2.42. The Morgan fingerprint density at radius 3 is 2.37 bits per heavy atom. The van der Waals surface area contributed by atoms with Gasteiger partial charge in [-0.25, -0.2) is 0 Å². The minimum Gasteiger partial charge on any atom is -0.322 e. The van der Waals surface area contributed by atoms with E-state index in [0.717, 1.165) is 27.9 Å². The van der Waals surface area contributed by atoms with Crippen molar-refractivity contribution in [1.29, 1.82) is 0 Å². The molecule has 1 unspecified atom stereocenters. The minimum atomic E-state index is -0.236. The Labute approximate surface area is 180 Å². The van der Waals surface area contributed by atoms with E-state index >= 15 is 0 Å². The van der Waals surface area contributed by atoms with E-state index in [1.165, 1.54) is 5.56 Å². The van der Waals surface area contributed by atoms with Crippen LogP contribution in [0.5, 0.6) is 0 Å². The Kier molecular flexibility index (Phi) is 4.64. The van der Waals surface area contributed by atoms with Crippen LogP contribution in [0.2, 0.25) is 5.02 Å². The van der Waals surface area contributed by atoms with Gasteiger partial charge >= 0.3 is 0 Å². The summed E-state index contributed by atoms with van der Waals surface area (Å²) in [4.78, 5) is 15.3. The van der Waals surface area contributed by atoms with Crippen LogP contribution < -0.4 is 0 Å². The lowest BCUT2D eigenvalue weighted by atomic mass is 9.95. The molecular formula is C25H20ClN3O. The molecule has 1 atom stereocenters. The van der Waals surface area contributed by atoms with Gasteiger partial charge in [0.05, 0.1) is 11.7 Å². The zero-order valence-corrected chi connectivity index (χ0v) is 17.2. The summed E-state index contributed by atoms with van der Waals surface area (Å²) in [6, 6.07) is 25.7. The molecule has 5 heteroatoms. The van der Waals surface area contributed by atoms with E-state index in [9.17, 15) is 4.79 Å². The highest BCUT2D eigenvalue weighted by Crippen LogP contribution is 2.43. The van der Waals surface area contributed by atoms with Crippen molar-refractivity contribution in [2.75, 3.05) is 0 Å². The number of fused-ring (bicyclic) bond motifs is 1. The van der Waals surface area contributed by atoms with Crippen molar-refractivity contribution in [2.45, 2.75) is 19.5 Å². The average molecular weight is 414 g/mol. The third kappa shape index (κ3) is 3.19. The predicted octanol–water partition coefficient (Wildman–Crippen LogP) is 5.78. The topological polar surface area (TPSA) is 49.0 Å². The van der Waals surface area contributed by atoms with Gasteiger partial charge < -0.3 is 4.90 Å². The van der Waals surface area contributed by atoms with Crippen molar-refractivity contribution >= 4 is 17.5 Å². The smallest absolute Gasteiger partial charge is 0.273 e. The normalized spacial score (nSPS) is 15.5. The summed E-state index contributed by atoms with van der Waals surface area (Å²) in [6.45, 7) is 2.57. The molecule has 30 heavy (non-hydrogen) atoms. The Morgan fingerprint density at radius 1 is 0.967 bits per heavy atom. The molecule has 0 fully saturated rings. The number of H-pyrrole nitrogens is 1. The molecule has 0 aliphatic carbocycles. The SMILES string of the molecule is Cc1ccc(-c2n[nH]c3c2C(c2ccc(Cl)cc2)N(Cc2ccccc2)C3=O)cc1. The Bertz CT molecular complexity index is 1200. The monoisotopic (exact) mass is 413 g/mol. The lowest BCUT2D eigenvalue weighted by Crippen LogP contribution is -2.29. The molecule has 0 bridgehead atoms. The maximum atomic E-state index is 13.4. The number of aromatic amines is 1. The Hall–Kier alpha value is -3.37. The summed E-state index contributed by atoms with van der Waals surface area (Å²) in [7, 11) is 0. The number of amides is 1. The molecule has 1 N–H and O–H groups in total. The van der Waals surface area contributed by atoms with Crippen molar-refractivity contribution < 1.29 is 4.79 Å². The molecule has 1 amide bonds. The van der Waals surface area contributed by atoms with E-state index in [2.05, 4.69) is 41.4 Å². The Morgan fingerprint density at radius 2 is 1.67 bits per heavy atom. The predicted molar refractivity (Wildman–Crippen MR) is 118 cm³/mol. The standard InChI is InChI=1S/C25H20ClN3O/c1-16-7-9-18(10-8-16)22-21-23(28-27-22)25(30)29(15-17-5-3-2-4-6-17)24(21)19-11-13-20(26)14-12-19/h2-14,24H,15H2,1H3,(H,27,28). The maximum Gasteiger partial charge on any atom is 0.273 e.